The van der Waals surface area contributed by atoms with Crippen molar-refractivity contribution in [2.45, 2.75) is 13.5 Å². The Kier molecular flexibility index (Phi) is 5.99. The van der Waals surface area contributed by atoms with E-state index in [1.54, 1.807) is 18.3 Å². The summed E-state index contributed by atoms with van der Waals surface area (Å²) in [5.74, 6) is 0.812. The molecule has 0 aliphatic rings. The van der Waals surface area contributed by atoms with E-state index >= 15 is 0 Å². The molecule has 0 atom stereocenters. The number of para-hydroxylation sites is 2. The lowest BCUT2D eigenvalue weighted by Crippen LogP contribution is -2.21. The van der Waals surface area contributed by atoms with Gasteiger partial charge < -0.3 is 15.0 Å². The Hall–Kier alpha value is -3.41. The summed E-state index contributed by atoms with van der Waals surface area (Å²) in [6.07, 6.45) is 1.59. The van der Waals surface area contributed by atoms with Crippen molar-refractivity contribution < 1.29 is 9.53 Å². The summed E-state index contributed by atoms with van der Waals surface area (Å²) in [6, 6.07) is 19.0. The number of amides is 1. The molecule has 3 aromatic rings. The fourth-order valence-corrected chi connectivity index (χ4v) is 2.62. The van der Waals surface area contributed by atoms with E-state index in [-0.39, 0.29) is 5.91 Å². The number of carbonyl (C=O) groups excluding carboxylic acids is 1. The number of hydrogen-bond acceptors (Lipinski definition) is 5. The Balaban J connectivity index is 1.74. The maximum atomic E-state index is 12.6. The summed E-state index contributed by atoms with van der Waals surface area (Å²) in [5, 5.41) is 2.85. The standard InChI is InChI=1S/C21H22N4O2/c1-3-27-19-12-8-7-11-17(19)23-20(26)18-13-14-22-21(24-18)25(2)15-16-9-5-4-6-10-16/h4-14H,3,15H2,1-2H3,(H,23,26). The van der Waals surface area contributed by atoms with Crippen molar-refractivity contribution >= 4 is 17.5 Å². The van der Waals surface area contributed by atoms with Crippen molar-refractivity contribution in [2.75, 3.05) is 23.9 Å². The molecule has 0 fully saturated rings. The van der Waals surface area contributed by atoms with E-state index in [9.17, 15) is 4.79 Å². The van der Waals surface area contributed by atoms with Gasteiger partial charge in [-0.3, -0.25) is 4.79 Å². The number of anilines is 2. The second-order valence-electron chi connectivity index (χ2n) is 5.97. The van der Waals surface area contributed by atoms with Gasteiger partial charge in [-0.1, -0.05) is 42.5 Å². The third kappa shape index (κ3) is 4.82. The van der Waals surface area contributed by atoms with Crippen LogP contribution in [0, 0.1) is 0 Å². The SMILES string of the molecule is CCOc1ccccc1NC(=O)c1ccnc(N(C)Cc2ccccc2)n1. The van der Waals surface area contributed by atoms with Gasteiger partial charge in [0.25, 0.3) is 5.91 Å². The van der Waals surface area contributed by atoms with Gasteiger partial charge in [0.05, 0.1) is 12.3 Å². The van der Waals surface area contributed by atoms with Gasteiger partial charge in [-0.25, -0.2) is 9.97 Å². The zero-order valence-electron chi connectivity index (χ0n) is 15.4. The normalized spacial score (nSPS) is 10.3. The van der Waals surface area contributed by atoms with Crippen LogP contribution < -0.4 is 15.0 Å². The van der Waals surface area contributed by atoms with Crippen LogP contribution in [-0.4, -0.2) is 29.5 Å². The summed E-state index contributed by atoms with van der Waals surface area (Å²) < 4.78 is 5.55. The molecule has 1 heterocycles. The van der Waals surface area contributed by atoms with Crippen molar-refractivity contribution in [2.24, 2.45) is 0 Å². The summed E-state index contributed by atoms with van der Waals surface area (Å²) in [5.41, 5.74) is 2.05. The third-order valence-corrected chi connectivity index (χ3v) is 3.91. The van der Waals surface area contributed by atoms with Gasteiger partial charge in [-0.2, -0.15) is 0 Å². The van der Waals surface area contributed by atoms with E-state index < -0.39 is 0 Å². The van der Waals surface area contributed by atoms with Crippen LogP contribution in [0.25, 0.3) is 0 Å². The average molecular weight is 362 g/mol. The van der Waals surface area contributed by atoms with Crippen molar-refractivity contribution in [3.63, 3.8) is 0 Å². The molecule has 1 N–H and O–H groups in total. The summed E-state index contributed by atoms with van der Waals surface area (Å²) in [6.45, 7) is 3.08. The van der Waals surface area contributed by atoms with Crippen LogP contribution in [-0.2, 0) is 6.54 Å². The van der Waals surface area contributed by atoms with Gasteiger partial charge >= 0.3 is 0 Å². The molecule has 27 heavy (non-hydrogen) atoms. The molecule has 0 aliphatic heterocycles. The van der Waals surface area contributed by atoms with Crippen molar-refractivity contribution in [1.82, 2.24) is 9.97 Å². The third-order valence-electron chi connectivity index (χ3n) is 3.91. The van der Waals surface area contributed by atoms with E-state index in [1.807, 2.05) is 67.4 Å². The minimum Gasteiger partial charge on any atom is -0.492 e. The zero-order chi connectivity index (χ0) is 19.1. The molecule has 138 valence electrons. The number of aromatic nitrogens is 2. The van der Waals surface area contributed by atoms with Gasteiger partial charge in [0.2, 0.25) is 5.95 Å². The van der Waals surface area contributed by atoms with Gasteiger partial charge in [0.1, 0.15) is 11.4 Å². The van der Waals surface area contributed by atoms with E-state index in [1.165, 1.54) is 0 Å². The molecule has 6 nitrogen and oxygen atoms in total. The maximum absolute atomic E-state index is 12.6. The van der Waals surface area contributed by atoms with Crippen LogP contribution in [0.2, 0.25) is 0 Å². The zero-order valence-corrected chi connectivity index (χ0v) is 15.4. The molecular weight excluding hydrogens is 340 g/mol. The van der Waals surface area contributed by atoms with E-state index in [4.69, 9.17) is 4.74 Å². The lowest BCUT2D eigenvalue weighted by atomic mass is 10.2. The summed E-state index contributed by atoms with van der Waals surface area (Å²) >= 11 is 0. The highest BCUT2D eigenvalue weighted by atomic mass is 16.5. The van der Waals surface area contributed by atoms with Gasteiger partial charge in [0, 0.05) is 19.8 Å². The van der Waals surface area contributed by atoms with Crippen LogP contribution in [0.3, 0.4) is 0 Å². The molecule has 1 aromatic heterocycles. The highest BCUT2D eigenvalue weighted by molar-refractivity contribution is 6.03. The molecule has 0 radical (unpaired) electrons. The molecule has 0 spiro atoms. The average Bonchev–Trinajstić information content (AvgIpc) is 2.70. The molecule has 3 rings (SSSR count). The molecule has 2 aromatic carbocycles. The van der Waals surface area contributed by atoms with Gasteiger partial charge in [-0.05, 0) is 30.7 Å². The van der Waals surface area contributed by atoms with Crippen molar-refractivity contribution in [3.8, 4) is 5.75 Å². The van der Waals surface area contributed by atoms with Crippen LogP contribution in [0.5, 0.6) is 5.75 Å². The van der Waals surface area contributed by atoms with E-state index in [0.717, 1.165) is 5.56 Å². The Morgan fingerprint density at radius 3 is 2.59 bits per heavy atom. The molecule has 0 aliphatic carbocycles. The van der Waals surface area contributed by atoms with Gasteiger partial charge in [0.15, 0.2) is 0 Å². The molecular formula is C21H22N4O2. The Labute approximate surface area is 158 Å². The van der Waals surface area contributed by atoms with E-state index in [2.05, 4.69) is 15.3 Å². The Bertz CT molecular complexity index is 899. The fraction of sp³-hybridized carbons (Fsp3) is 0.190. The lowest BCUT2D eigenvalue weighted by Gasteiger charge is -2.17. The number of benzene rings is 2. The molecule has 0 unspecified atom stereocenters. The van der Waals surface area contributed by atoms with E-state index in [0.29, 0.717) is 36.2 Å². The number of ether oxygens (including phenoxy) is 1. The molecule has 0 saturated carbocycles. The van der Waals surface area contributed by atoms with Crippen molar-refractivity contribution in [3.05, 3.63) is 78.1 Å². The Morgan fingerprint density at radius 2 is 1.81 bits per heavy atom. The summed E-state index contributed by atoms with van der Waals surface area (Å²) in [4.78, 5) is 23.2. The minimum atomic E-state index is -0.307. The highest BCUT2D eigenvalue weighted by Crippen LogP contribution is 2.24. The quantitative estimate of drug-likeness (QED) is 0.693. The first-order valence-electron chi connectivity index (χ1n) is 8.78. The number of hydrogen-bond donors (Lipinski definition) is 1. The molecule has 6 heteroatoms. The lowest BCUT2D eigenvalue weighted by molar-refractivity contribution is 0.102. The summed E-state index contributed by atoms with van der Waals surface area (Å²) in [7, 11) is 1.90. The van der Waals surface area contributed by atoms with Crippen LogP contribution in [0.15, 0.2) is 66.9 Å². The number of nitrogens with one attached hydrogen (secondary N) is 1. The van der Waals surface area contributed by atoms with Gasteiger partial charge in [-0.15, -0.1) is 0 Å². The fourth-order valence-electron chi connectivity index (χ4n) is 2.62. The van der Waals surface area contributed by atoms with Crippen LogP contribution in [0.4, 0.5) is 11.6 Å². The first-order valence-corrected chi connectivity index (χ1v) is 8.78. The first-order chi connectivity index (χ1) is 13.2. The topological polar surface area (TPSA) is 67.3 Å². The second-order valence-corrected chi connectivity index (χ2v) is 5.97. The Morgan fingerprint density at radius 1 is 1.07 bits per heavy atom. The second kappa shape index (κ2) is 8.80. The number of rotatable bonds is 7. The smallest absolute Gasteiger partial charge is 0.274 e. The molecule has 0 saturated heterocycles. The van der Waals surface area contributed by atoms with Crippen molar-refractivity contribution in [1.29, 1.82) is 0 Å². The largest absolute Gasteiger partial charge is 0.492 e. The molecule has 0 bridgehead atoms. The van der Waals surface area contributed by atoms with Crippen LogP contribution in [0.1, 0.15) is 23.0 Å². The highest BCUT2D eigenvalue weighted by Gasteiger charge is 2.13. The predicted molar refractivity (Wildman–Crippen MR) is 106 cm³/mol. The van der Waals surface area contributed by atoms with Crippen LogP contribution >= 0.6 is 0 Å². The first kappa shape index (κ1) is 18.4. The number of carbonyl (C=O) groups is 1. The molecule has 1 amide bonds. The predicted octanol–water partition coefficient (Wildman–Crippen LogP) is 3.76. The number of nitrogens with zero attached hydrogens (tertiary/aromatic N) is 3. The monoisotopic (exact) mass is 362 g/mol. The maximum Gasteiger partial charge on any atom is 0.274 e. The minimum absolute atomic E-state index is 0.297.